The molecule has 0 bridgehead atoms. The van der Waals surface area contributed by atoms with Crippen molar-refractivity contribution in [2.45, 2.75) is 12.8 Å². The van der Waals surface area contributed by atoms with Crippen molar-refractivity contribution in [3.8, 4) is 0 Å². The van der Waals surface area contributed by atoms with Gasteiger partial charge in [0.25, 0.3) is 0 Å². The molecule has 100 valence electrons. The number of hydrogen-bond acceptors (Lipinski definition) is 3. The van der Waals surface area contributed by atoms with Crippen LogP contribution in [-0.4, -0.2) is 20.5 Å². The highest BCUT2D eigenvalue weighted by atomic mass is 16.1. The number of carbonyl (C=O) groups excluding carboxylic acids is 1. The Labute approximate surface area is 116 Å². The number of rotatable bonds is 4. The van der Waals surface area contributed by atoms with Gasteiger partial charge in [0.15, 0.2) is 5.65 Å². The van der Waals surface area contributed by atoms with Gasteiger partial charge in [-0.15, -0.1) is 0 Å². The van der Waals surface area contributed by atoms with Crippen LogP contribution in [0, 0.1) is 0 Å². The average Bonchev–Trinajstić information content (AvgIpc) is 2.96. The third-order valence-electron chi connectivity index (χ3n) is 3.06. The number of hydrogen-bond donors (Lipinski definition) is 1. The Hall–Kier alpha value is -2.69. The van der Waals surface area contributed by atoms with Gasteiger partial charge >= 0.3 is 0 Å². The number of aryl methyl sites for hydroxylation is 1. The van der Waals surface area contributed by atoms with Gasteiger partial charge in [-0.1, -0.05) is 30.3 Å². The molecule has 5 nitrogen and oxygen atoms in total. The molecule has 2 aromatic heterocycles. The van der Waals surface area contributed by atoms with E-state index >= 15 is 0 Å². The smallest absolute Gasteiger partial charge is 0.224 e. The molecule has 0 aliphatic carbocycles. The van der Waals surface area contributed by atoms with Crippen LogP contribution >= 0.6 is 0 Å². The molecule has 1 N–H and O–H groups in total. The second-order valence-electron chi connectivity index (χ2n) is 4.48. The fraction of sp³-hybridized carbons (Fsp3) is 0.133. The molecule has 0 aliphatic heterocycles. The molecule has 0 radical (unpaired) electrons. The molecule has 3 aromatic rings. The van der Waals surface area contributed by atoms with E-state index in [1.54, 1.807) is 10.7 Å². The lowest BCUT2D eigenvalue weighted by molar-refractivity contribution is -0.116. The van der Waals surface area contributed by atoms with Gasteiger partial charge in [-0.3, -0.25) is 4.79 Å². The minimum Gasteiger partial charge on any atom is -0.323 e. The van der Waals surface area contributed by atoms with E-state index in [0.717, 1.165) is 12.0 Å². The molecule has 3 rings (SSSR count). The fourth-order valence-corrected chi connectivity index (χ4v) is 2.06. The van der Waals surface area contributed by atoms with Crippen LogP contribution in [0.1, 0.15) is 12.0 Å². The number of nitrogens with zero attached hydrogens (tertiary/aromatic N) is 3. The lowest BCUT2D eigenvalue weighted by Gasteiger charge is -2.06. The maximum Gasteiger partial charge on any atom is 0.224 e. The Balaban J connectivity index is 1.66. The van der Waals surface area contributed by atoms with Crippen LogP contribution in [0.2, 0.25) is 0 Å². The zero-order valence-electron chi connectivity index (χ0n) is 10.9. The topological polar surface area (TPSA) is 59.3 Å². The Morgan fingerprint density at radius 1 is 1.15 bits per heavy atom. The number of pyridine rings is 1. The van der Waals surface area contributed by atoms with E-state index in [-0.39, 0.29) is 5.91 Å². The van der Waals surface area contributed by atoms with Crippen LogP contribution in [0.25, 0.3) is 5.65 Å². The van der Waals surface area contributed by atoms with Gasteiger partial charge in [-0.25, -0.2) is 9.50 Å². The summed E-state index contributed by atoms with van der Waals surface area (Å²) in [5.41, 5.74) is 2.49. The SMILES string of the molecule is O=C(CCc1ccccc1)Nc1cccn2ncnc12. The molecule has 1 amide bonds. The zero-order valence-corrected chi connectivity index (χ0v) is 10.9. The number of anilines is 1. The van der Waals surface area contributed by atoms with Gasteiger partial charge in [-0.05, 0) is 24.1 Å². The fourth-order valence-electron chi connectivity index (χ4n) is 2.06. The molecule has 20 heavy (non-hydrogen) atoms. The zero-order chi connectivity index (χ0) is 13.8. The quantitative estimate of drug-likeness (QED) is 0.788. The summed E-state index contributed by atoms with van der Waals surface area (Å²) in [4.78, 5) is 16.1. The lowest BCUT2D eigenvalue weighted by atomic mass is 10.1. The van der Waals surface area contributed by atoms with E-state index in [1.807, 2.05) is 42.5 Å². The van der Waals surface area contributed by atoms with Crippen LogP contribution in [0.5, 0.6) is 0 Å². The maximum absolute atomic E-state index is 12.0. The summed E-state index contributed by atoms with van der Waals surface area (Å²) >= 11 is 0. The molecular weight excluding hydrogens is 252 g/mol. The van der Waals surface area contributed by atoms with E-state index < -0.39 is 0 Å². The first kappa shape index (κ1) is 12.3. The van der Waals surface area contributed by atoms with Crippen LogP contribution in [0.4, 0.5) is 5.69 Å². The molecule has 5 heteroatoms. The Kier molecular flexibility index (Phi) is 3.41. The van der Waals surface area contributed by atoms with Crippen molar-refractivity contribution in [1.29, 1.82) is 0 Å². The van der Waals surface area contributed by atoms with Gasteiger partial charge in [0, 0.05) is 12.6 Å². The van der Waals surface area contributed by atoms with E-state index in [4.69, 9.17) is 0 Å². The van der Waals surface area contributed by atoms with Crippen molar-refractivity contribution >= 4 is 17.2 Å². The Bertz CT molecular complexity index is 721. The normalized spacial score (nSPS) is 10.6. The second-order valence-corrected chi connectivity index (χ2v) is 4.48. The van der Waals surface area contributed by atoms with E-state index in [2.05, 4.69) is 15.4 Å². The molecule has 0 aliphatic rings. The molecule has 1 aromatic carbocycles. The standard InChI is InChI=1S/C15H14N4O/c20-14(9-8-12-5-2-1-3-6-12)18-13-7-4-10-19-15(13)16-11-17-19/h1-7,10-11H,8-9H2,(H,18,20). The molecule has 0 fully saturated rings. The molecular formula is C15H14N4O. The summed E-state index contributed by atoms with van der Waals surface area (Å²) in [6.07, 6.45) is 4.43. The van der Waals surface area contributed by atoms with E-state index in [1.165, 1.54) is 6.33 Å². The van der Waals surface area contributed by atoms with Gasteiger partial charge in [0.1, 0.15) is 6.33 Å². The van der Waals surface area contributed by atoms with Gasteiger partial charge < -0.3 is 5.32 Å². The molecule has 0 unspecified atom stereocenters. The number of benzene rings is 1. The van der Waals surface area contributed by atoms with Gasteiger partial charge in [0.2, 0.25) is 5.91 Å². The third-order valence-corrected chi connectivity index (χ3v) is 3.06. The molecule has 0 saturated heterocycles. The number of fused-ring (bicyclic) bond motifs is 1. The van der Waals surface area contributed by atoms with E-state index in [9.17, 15) is 4.79 Å². The number of aromatic nitrogens is 3. The highest BCUT2D eigenvalue weighted by molar-refractivity contribution is 5.94. The van der Waals surface area contributed by atoms with E-state index in [0.29, 0.717) is 17.8 Å². The summed E-state index contributed by atoms with van der Waals surface area (Å²) in [7, 11) is 0. The van der Waals surface area contributed by atoms with Gasteiger partial charge in [-0.2, -0.15) is 5.10 Å². The summed E-state index contributed by atoms with van der Waals surface area (Å²) in [6.45, 7) is 0. The minimum absolute atomic E-state index is 0.0232. The maximum atomic E-state index is 12.0. The molecule has 0 saturated carbocycles. The summed E-state index contributed by atoms with van der Waals surface area (Å²) in [5, 5.41) is 6.91. The van der Waals surface area contributed by atoms with Gasteiger partial charge in [0.05, 0.1) is 5.69 Å². The third kappa shape index (κ3) is 2.66. The van der Waals surface area contributed by atoms with Crippen molar-refractivity contribution in [2.24, 2.45) is 0 Å². The van der Waals surface area contributed by atoms with Crippen LogP contribution in [0.15, 0.2) is 55.0 Å². The number of nitrogens with one attached hydrogen (secondary N) is 1. The van der Waals surface area contributed by atoms with Crippen LogP contribution < -0.4 is 5.32 Å². The Morgan fingerprint density at radius 3 is 2.85 bits per heavy atom. The Morgan fingerprint density at radius 2 is 2.00 bits per heavy atom. The average molecular weight is 266 g/mol. The lowest BCUT2D eigenvalue weighted by Crippen LogP contribution is -2.13. The van der Waals surface area contributed by atoms with Crippen LogP contribution in [-0.2, 0) is 11.2 Å². The molecule has 0 atom stereocenters. The van der Waals surface area contributed by atoms with Crippen LogP contribution in [0.3, 0.4) is 0 Å². The van der Waals surface area contributed by atoms with Crippen molar-refractivity contribution in [1.82, 2.24) is 14.6 Å². The molecule has 0 spiro atoms. The second kappa shape index (κ2) is 5.52. The summed E-state index contributed by atoms with van der Waals surface area (Å²) in [6, 6.07) is 13.6. The minimum atomic E-state index is -0.0232. The first-order valence-electron chi connectivity index (χ1n) is 6.45. The largest absolute Gasteiger partial charge is 0.323 e. The van der Waals surface area contributed by atoms with Crippen molar-refractivity contribution in [3.05, 3.63) is 60.6 Å². The highest BCUT2D eigenvalue weighted by Crippen LogP contribution is 2.14. The number of carbonyl (C=O) groups is 1. The van der Waals surface area contributed by atoms with Crippen molar-refractivity contribution in [2.75, 3.05) is 5.32 Å². The monoisotopic (exact) mass is 266 g/mol. The summed E-state index contributed by atoms with van der Waals surface area (Å²) in [5.74, 6) is -0.0232. The first-order chi connectivity index (χ1) is 9.83. The molecule has 2 heterocycles. The predicted molar refractivity (Wildman–Crippen MR) is 76.4 cm³/mol. The van der Waals surface area contributed by atoms with Crippen molar-refractivity contribution in [3.63, 3.8) is 0 Å². The highest BCUT2D eigenvalue weighted by Gasteiger charge is 2.07. The summed E-state index contributed by atoms with van der Waals surface area (Å²) < 4.78 is 1.63. The predicted octanol–water partition coefficient (Wildman–Crippen LogP) is 2.30. The first-order valence-corrected chi connectivity index (χ1v) is 6.45. The number of amides is 1. The van der Waals surface area contributed by atoms with Crippen molar-refractivity contribution < 1.29 is 4.79 Å².